The zero-order valence-corrected chi connectivity index (χ0v) is 38.3. The molecule has 0 fully saturated rings. The summed E-state index contributed by atoms with van der Waals surface area (Å²) in [5, 5.41) is 2.18. The van der Waals surface area contributed by atoms with Gasteiger partial charge in [-0.15, -0.1) is 18.2 Å². The first-order chi connectivity index (χ1) is 27.5. The fraction of sp³-hybridized carbons (Fsp3) is 0.132. The van der Waals surface area contributed by atoms with Gasteiger partial charge in [0.2, 0.25) is 0 Å². The molecule has 0 N–H and O–H groups in total. The summed E-state index contributed by atoms with van der Waals surface area (Å²) >= 11 is -1.79. The van der Waals surface area contributed by atoms with Crippen molar-refractivity contribution in [3.8, 4) is 55.9 Å². The van der Waals surface area contributed by atoms with Gasteiger partial charge in [0, 0.05) is 37.3 Å². The Morgan fingerprint density at radius 1 is 0.534 bits per heavy atom. The van der Waals surface area contributed by atoms with Crippen molar-refractivity contribution in [1.29, 1.82) is 0 Å². The maximum Gasteiger partial charge on any atom is 0 e. The van der Waals surface area contributed by atoms with Crippen molar-refractivity contribution in [2.24, 2.45) is 0 Å². The van der Waals surface area contributed by atoms with E-state index >= 15 is 0 Å². The molecule has 3 aromatic heterocycles. The minimum absolute atomic E-state index is 0. The van der Waals surface area contributed by atoms with Crippen LogP contribution in [0.5, 0.6) is 0 Å². The maximum absolute atomic E-state index is 6.60. The van der Waals surface area contributed by atoms with Crippen LogP contribution in [0.25, 0.3) is 77.8 Å². The van der Waals surface area contributed by atoms with Crippen LogP contribution in [0.15, 0.2) is 175 Å². The second kappa shape index (κ2) is 17.2. The Labute approximate surface area is 359 Å². The fourth-order valence-corrected chi connectivity index (χ4v) is 9.30. The monoisotopic (exact) mass is 993 g/mol. The average molecular weight is 992 g/mol. The summed E-state index contributed by atoms with van der Waals surface area (Å²) in [6, 6.07) is 61.5. The molecule has 0 bridgehead atoms. The van der Waals surface area contributed by atoms with Gasteiger partial charge in [-0.2, -0.15) is 0 Å². The van der Waals surface area contributed by atoms with Crippen LogP contribution in [0.4, 0.5) is 0 Å². The van der Waals surface area contributed by atoms with E-state index in [-0.39, 0.29) is 25.5 Å². The number of furan rings is 1. The number of hydrogen-bond acceptors (Lipinski definition) is 3. The van der Waals surface area contributed by atoms with Crippen molar-refractivity contribution in [3.63, 3.8) is 0 Å². The summed E-state index contributed by atoms with van der Waals surface area (Å²) in [5.74, 6) is 7.16. The number of aromatic nitrogens is 2. The van der Waals surface area contributed by atoms with Crippen LogP contribution < -0.4 is 4.40 Å². The molecule has 58 heavy (non-hydrogen) atoms. The third kappa shape index (κ3) is 8.85. The van der Waals surface area contributed by atoms with Gasteiger partial charge in [0.05, 0.1) is 5.58 Å². The summed E-state index contributed by atoms with van der Waals surface area (Å²) in [7, 11) is 0. The van der Waals surface area contributed by atoms with E-state index in [0.29, 0.717) is 0 Å². The molecule has 0 saturated heterocycles. The van der Waals surface area contributed by atoms with Gasteiger partial charge in [-0.3, -0.25) is 0 Å². The van der Waals surface area contributed by atoms with Crippen molar-refractivity contribution < 1.29 is 24.5 Å². The zero-order valence-electron chi connectivity index (χ0n) is 33.8. The van der Waals surface area contributed by atoms with E-state index in [1.807, 2.05) is 36.5 Å². The van der Waals surface area contributed by atoms with Crippen LogP contribution in [-0.2, 0) is 25.5 Å². The summed E-state index contributed by atoms with van der Waals surface area (Å²) in [6.07, 6.45) is 3.91. The van der Waals surface area contributed by atoms with E-state index in [2.05, 4.69) is 194 Å². The van der Waals surface area contributed by atoms with Crippen molar-refractivity contribution in [2.75, 3.05) is 0 Å². The molecule has 0 amide bonds. The van der Waals surface area contributed by atoms with Gasteiger partial charge in [-0.1, -0.05) is 111 Å². The Bertz CT molecular complexity index is 2780. The molecule has 3 nitrogen and oxygen atoms in total. The first kappa shape index (κ1) is 40.8. The third-order valence-corrected chi connectivity index (χ3v) is 14.7. The third-order valence-electron chi connectivity index (χ3n) is 10.5. The number of fused-ring (bicyclic) bond motifs is 3. The summed E-state index contributed by atoms with van der Waals surface area (Å²) in [4.78, 5) is 9.34. The summed E-state index contributed by atoms with van der Waals surface area (Å²) in [5.41, 5.74) is 13.9. The Kier molecular flexibility index (Phi) is 12.1. The molecule has 0 atom stereocenters. The number of benzene rings is 6. The molecule has 3 heterocycles. The largest absolute Gasteiger partial charge is 0 e. The van der Waals surface area contributed by atoms with Gasteiger partial charge < -0.3 is 9.40 Å². The second-order valence-corrected chi connectivity index (χ2v) is 27.2. The Hall–Kier alpha value is -5.39. The van der Waals surface area contributed by atoms with Crippen molar-refractivity contribution in [1.82, 2.24) is 9.97 Å². The molecular weight excluding hydrogens is 945 g/mol. The van der Waals surface area contributed by atoms with E-state index in [1.165, 1.54) is 21.1 Å². The van der Waals surface area contributed by atoms with Gasteiger partial charge >= 0.3 is 135 Å². The van der Waals surface area contributed by atoms with Gasteiger partial charge in [-0.25, -0.2) is 0 Å². The Morgan fingerprint density at radius 3 is 1.83 bits per heavy atom. The molecule has 0 aliphatic carbocycles. The predicted molar refractivity (Wildman–Crippen MR) is 242 cm³/mol. The van der Waals surface area contributed by atoms with Crippen LogP contribution in [0.1, 0.15) is 26.3 Å². The van der Waals surface area contributed by atoms with Crippen LogP contribution >= 0.6 is 0 Å². The zero-order chi connectivity index (χ0) is 39.6. The standard InChI is InChI=1S/C33H26NO.C20H20GeN.Ir/c1-33(2,3)25-17-15-23(16-18-25)26-11-7-12-27-28-13-8-14-29(32(28)35-31(26)27)30-21-24(19-20-34-30)22-9-5-4-6-10-22;1-21(2,3)19-12-13-20(22-15-19)18-11-7-10-17(14-18)16-8-5-4-6-9-16;/h4-13,15-21H,1-3H3;4-10,12-15H,1-3H3;/q2*-1;. The van der Waals surface area contributed by atoms with Crippen molar-refractivity contribution in [2.45, 2.75) is 43.5 Å². The van der Waals surface area contributed by atoms with E-state index in [4.69, 9.17) is 4.42 Å². The van der Waals surface area contributed by atoms with Crippen LogP contribution in [0.3, 0.4) is 0 Å². The summed E-state index contributed by atoms with van der Waals surface area (Å²) < 4.78 is 8.03. The van der Waals surface area contributed by atoms with E-state index in [1.54, 1.807) is 0 Å². The number of pyridine rings is 2. The first-order valence-electron chi connectivity index (χ1n) is 19.6. The maximum atomic E-state index is 6.60. The molecule has 0 spiro atoms. The van der Waals surface area contributed by atoms with Crippen LogP contribution in [-0.4, -0.2) is 23.2 Å². The van der Waals surface area contributed by atoms with E-state index in [9.17, 15) is 0 Å². The summed E-state index contributed by atoms with van der Waals surface area (Å²) in [6.45, 7) is 6.71. The fourth-order valence-electron chi connectivity index (χ4n) is 7.13. The van der Waals surface area contributed by atoms with Crippen molar-refractivity contribution in [3.05, 3.63) is 188 Å². The van der Waals surface area contributed by atoms with Crippen LogP contribution in [0, 0.1) is 12.1 Å². The smallest absolute Gasteiger partial charge is 0 e. The molecule has 0 unspecified atom stereocenters. The number of para-hydroxylation sites is 1. The number of nitrogens with zero attached hydrogens (tertiary/aromatic N) is 2. The van der Waals surface area contributed by atoms with Crippen LogP contribution in [0.2, 0.25) is 17.3 Å². The Balaban J connectivity index is 0.000000192. The SMILES string of the molecule is CC(C)(C)c1ccc(-c2cccc3c2oc2c(-c4cc(-c5ccccc5)ccn4)[c-]ccc23)cc1.[CH3][Ge]([CH3])([CH3])[c]1ccc(-c2[c-]ccc(-c3ccccc3)c2)nc1.[Ir]. The normalized spacial score (nSPS) is 11.5. The van der Waals surface area contributed by atoms with Crippen molar-refractivity contribution >= 4 is 39.6 Å². The molecule has 9 rings (SSSR count). The minimum atomic E-state index is -1.79. The number of rotatable bonds is 6. The molecule has 1 radical (unpaired) electrons. The molecule has 0 aliphatic rings. The quantitative estimate of drug-likeness (QED) is 0.123. The van der Waals surface area contributed by atoms with Gasteiger partial charge in [0.15, 0.2) is 0 Å². The molecule has 9 aromatic rings. The van der Waals surface area contributed by atoms with Gasteiger partial charge in [0.1, 0.15) is 5.58 Å². The minimum Gasteiger partial charge on any atom is 0 e. The average Bonchev–Trinajstić information content (AvgIpc) is 3.63. The van der Waals surface area contributed by atoms with Gasteiger partial charge in [0.25, 0.3) is 0 Å². The van der Waals surface area contributed by atoms with Gasteiger partial charge in [-0.05, 0) is 39.4 Å². The topological polar surface area (TPSA) is 38.9 Å². The molecule has 5 heteroatoms. The molecule has 6 aromatic carbocycles. The van der Waals surface area contributed by atoms with E-state index < -0.39 is 13.3 Å². The molecular formula is C53H46GeIrN2O-2. The first-order valence-corrected chi connectivity index (χ1v) is 26.9. The predicted octanol–water partition coefficient (Wildman–Crippen LogP) is 13.8. The molecule has 0 aliphatic heterocycles. The molecule has 289 valence electrons. The van der Waals surface area contributed by atoms with E-state index in [0.717, 1.165) is 66.7 Å². The Morgan fingerprint density at radius 2 is 1.19 bits per heavy atom. The second-order valence-electron chi connectivity index (χ2n) is 16.5. The molecule has 0 saturated carbocycles. The number of hydrogen-bond donors (Lipinski definition) is 0.